The van der Waals surface area contributed by atoms with Gasteiger partial charge in [-0.25, -0.2) is 4.68 Å². The summed E-state index contributed by atoms with van der Waals surface area (Å²) in [5, 5.41) is 14.8. The van der Waals surface area contributed by atoms with Crippen LogP contribution in [0.25, 0.3) is 5.69 Å². The van der Waals surface area contributed by atoms with Crippen LogP contribution >= 0.6 is 0 Å². The number of carbonyl (C=O) groups is 1. The zero-order valence-electron chi connectivity index (χ0n) is 9.24. The van der Waals surface area contributed by atoms with Crippen LogP contribution < -0.4 is 10.8 Å². The van der Waals surface area contributed by atoms with E-state index in [9.17, 15) is 9.90 Å². The van der Waals surface area contributed by atoms with E-state index in [0.29, 0.717) is 6.42 Å². The van der Waals surface area contributed by atoms with Gasteiger partial charge in [-0.2, -0.15) is 5.10 Å². The first kappa shape index (κ1) is 11.3. The molecule has 3 N–H and O–H groups in total. The van der Waals surface area contributed by atoms with Gasteiger partial charge in [-0.15, -0.1) is 0 Å². The van der Waals surface area contributed by atoms with E-state index in [4.69, 9.17) is 0 Å². The van der Waals surface area contributed by atoms with Crippen LogP contribution in [0, 0.1) is 0 Å². The largest absolute Gasteiger partial charge is 0.544 e. The molecule has 0 unspecified atom stereocenters. The Hall–Kier alpha value is -2.14. The summed E-state index contributed by atoms with van der Waals surface area (Å²) < 4.78 is 1.71. The third-order valence-corrected chi connectivity index (χ3v) is 2.47. The first-order valence-corrected chi connectivity index (χ1v) is 5.30. The van der Waals surface area contributed by atoms with E-state index in [1.165, 1.54) is 0 Å². The molecule has 5 heteroatoms. The molecule has 0 amide bonds. The third kappa shape index (κ3) is 2.70. The summed E-state index contributed by atoms with van der Waals surface area (Å²) >= 11 is 0. The van der Waals surface area contributed by atoms with Gasteiger partial charge in [-0.1, -0.05) is 18.2 Å². The van der Waals surface area contributed by atoms with Crippen molar-refractivity contribution in [1.82, 2.24) is 9.78 Å². The predicted molar refractivity (Wildman–Crippen MR) is 59.0 cm³/mol. The van der Waals surface area contributed by atoms with Crippen molar-refractivity contribution < 1.29 is 15.6 Å². The van der Waals surface area contributed by atoms with Crippen LogP contribution in [-0.4, -0.2) is 21.8 Å². The molecule has 0 aliphatic carbocycles. The summed E-state index contributed by atoms with van der Waals surface area (Å²) in [6.45, 7) is 0. The van der Waals surface area contributed by atoms with E-state index >= 15 is 0 Å². The number of para-hydroxylation sites is 1. The molecule has 0 radical (unpaired) electrons. The van der Waals surface area contributed by atoms with Crippen LogP contribution in [-0.2, 0) is 11.2 Å². The van der Waals surface area contributed by atoms with Gasteiger partial charge in [0.25, 0.3) is 0 Å². The molecular weight excluding hydrogens is 218 g/mol. The number of quaternary nitrogens is 1. The molecule has 0 fully saturated rings. The number of hydrogen-bond acceptors (Lipinski definition) is 3. The Kier molecular flexibility index (Phi) is 3.20. The van der Waals surface area contributed by atoms with Crippen LogP contribution in [0.2, 0.25) is 0 Å². The molecule has 2 aromatic rings. The van der Waals surface area contributed by atoms with Crippen LogP contribution in [0.4, 0.5) is 0 Å². The van der Waals surface area contributed by atoms with Gasteiger partial charge in [0.15, 0.2) is 0 Å². The standard InChI is InChI=1S/C12H13N3O2/c13-11(12(16)17)6-9-7-14-15(8-9)10-4-2-1-3-5-10/h1-5,7-8,11H,6,13H2,(H,16,17)/t11-/m0/s1. The summed E-state index contributed by atoms with van der Waals surface area (Å²) in [6.07, 6.45) is 3.78. The Morgan fingerprint density at radius 2 is 2.12 bits per heavy atom. The number of nitrogens with zero attached hydrogens (tertiary/aromatic N) is 2. The monoisotopic (exact) mass is 231 g/mol. The second-order valence-electron chi connectivity index (χ2n) is 3.85. The fraction of sp³-hybridized carbons (Fsp3) is 0.167. The van der Waals surface area contributed by atoms with Crippen LogP contribution in [0.15, 0.2) is 42.7 Å². The molecule has 0 aliphatic heterocycles. The number of aliphatic carboxylic acids is 1. The van der Waals surface area contributed by atoms with Crippen molar-refractivity contribution in [2.75, 3.05) is 0 Å². The maximum atomic E-state index is 10.6. The van der Waals surface area contributed by atoms with E-state index in [2.05, 4.69) is 10.8 Å². The summed E-state index contributed by atoms with van der Waals surface area (Å²) in [5.41, 5.74) is 5.29. The lowest BCUT2D eigenvalue weighted by Gasteiger charge is -2.06. The van der Waals surface area contributed by atoms with Crippen molar-refractivity contribution in [3.05, 3.63) is 48.3 Å². The van der Waals surface area contributed by atoms with Gasteiger partial charge >= 0.3 is 0 Å². The number of aromatic nitrogens is 2. The molecule has 17 heavy (non-hydrogen) atoms. The van der Waals surface area contributed by atoms with Gasteiger partial charge < -0.3 is 15.6 Å². The molecule has 1 aromatic heterocycles. The molecule has 0 saturated carbocycles. The number of hydrogen-bond donors (Lipinski definition) is 1. The average molecular weight is 231 g/mol. The highest BCUT2D eigenvalue weighted by Gasteiger charge is 2.10. The minimum atomic E-state index is -1.14. The molecular formula is C12H13N3O2. The highest BCUT2D eigenvalue weighted by molar-refractivity contribution is 5.69. The van der Waals surface area contributed by atoms with E-state index in [1.54, 1.807) is 17.1 Å². The summed E-state index contributed by atoms with van der Waals surface area (Å²) in [6, 6.07) is 8.87. The molecule has 0 bridgehead atoms. The summed E-state index contributed by atoms with van der Waals surface area (Å²) in [4.78, 5) is 10.6. The Morgan fingerprint density at radius 3 is 2.76 bits per heavy atom. The van der Waals surface area contributed by atoms with Gasteiger partial charge in [0.2, 0.25) is 0 Å². The molecule has 2 rings (SSSR count). The topological polar surface area (TPSA) is 85.6 Å². The van der Waals surface area contributed by atoms with Crippen molar-refractivity contribution in [3.8, 4) is 5.69 Å². The van der Waals surface area contributed by atoms with E-state index in [-0.39, 0.29) is 0 Å². The quantitative estimate of drug-likeness (QED) is 0.715. The number of carboxylic acids is 1. The van der Waals surface area contributed by atoms with Gasteiger partial charge in [0, 0.05) is 12.6 Å². The Morgan fingerprint density at radius 1 is 1.41 bits per heavy atom. The van der Waals surface area contributed by atoms with Gasteiger partial charge in [0.05, 0.1) is 17.9 Å². The lowest BCUT2D eigenvalue weighted by molar-refractivity contribution is -0.437. The average Bonchev–Trinajstić information content (AvgIpc) is 2.78. The highest BCUT2D eigenvalue weighted by Crippen LogP contribution is 2.08. The highest BCUT2D eigenvalue weighted by atomic mass is 16.4. The minimum absolute atomic E-state index is 0.329. The van der Waals surface area contributed by atoms with Crippen molar-refractivity contribution in [2.45, 2.75) is 12.5 Å². The van der Waals surface area contributed by atoms with Crippen LogP contribution in [0.5, 0.6) is 0 Å². The maximum Gasteiger partial charge on any atom is 0.129 e. The SMILES string of the molecule is [NH3+][C@@H](Cc1cnn(-c2ccccc2)c1)C(=O)[O-]. The first-order chi connectivity index (χ1) is 8.16. The fourth-order valence-corrected chi connectivity index (χ4v) is 1.56. The van der Waals surface area contributed by atoms with Crippen molar-refractivity contribution >= 4 is 5.97 Å². The molecule has 5 nitrogen and oxygen atoms in total. The van der Waals surface area contributed by atoms with Crippen LogP contribution in [0.3, 0.4) is 0 Å². The van der Waals surface area contributed by atoms with Crippen molar-refractivity contribution in [3.63, 3.8) is 0 Å². The van der Waals surface area contributed by atoms with Crippen molar-refractivity contribution in [1.29, 1.82) is 0 Å². The van der Waals surface area contributed by atoms with E-state index in [1.807, 2.05) is 30.3 Å². The lowest BCUT2D eigenvalue weighted by atomic mass is 10.1. The van der Waals surface area contributed by atoms with Gasteiger partial charge in [-0.05, 0) is 17.7 Å². The van der Waals surface area contributed by atoms with Crippen LogP contribution in [0.1, 0.15) is 5.56 Å². The molecule has 1 atom stereocenters. The molecule has 0 aliphatic rings. The normalized spacial score (nSPS) is 12.3. The maximum absolute atomic E-state index is 10.6. The molecule has 0 saturated heterocycles. The van der Waals surface area contributed by atoms with Gasteiger partial charge in [0.1, 0.15) is 6.04 Å². The van der Waals surface area contributed by atoms with E-state index in [0.717, 1.165) is 11.3 Å². The number of rotatable bonds is 4. The lowest BCUT2D eigenvalue weighted by Crippen LogP contribution is -2.69. The second-order valence-corrected chi connectivity index (χ2v) is 3.85. The minimum Gasteiger partial charge on any atom is -0.544 e. The fourth-order valence-electron chi connectivity index (χ4n) is 1.56. The van der Waals surface area contributed by atoms with Crippen molar-refractivity contribution in [2.24, 2.45) is 0 Å². The predicted octanol–water partition coefficient (Wildman–Crippen LogP) is -1.22. The zero-order chi connectivity index (χ0) is 12.3. The summed E-state index contributed by atoms with van der Waals surface area (Å²) in [5.74, 6) is -1.14. The Bertz CT molecular complexity index is 507. The Balaban J connectivity index is 2.14. The smallest absolute Gasteiger partial charge is 0.129 e. The number of carboxylic acid groups (broad SMARTS) is 1. The number of carbonyl (C=O) groups excluding carboxylic acids is 1. The zero-order valence-corrected chi connectivity index (χ0v) is 9.24. The third-order valence-electron chi connectivity index (χ3n) is 2.47. The van der Waals surface area contributed by atoms with E-state index < -0.39 is 12.0 Å². The molecule has 88 valence electrons. The molecule has 0 spiro atoms. The Labute approximate surface area is 98.5 Å². The first-order valence-electron chi connectivity index (χ1n) is 5.30. The number of benzene rings is 1. The molecule has 1 heterocycles. The van der Waals surface area contributed by atoms with Gasteiger partial charge in [-0.3, -0.25) is 0 Å². The molecule has 1 aromatic carbocycles. The summed E-state index contributed by atoms with van der Waals surface area (Å²) in [7, 11) is 0. The second kappa shape index (κ2) is 4.80.